The molecule has 0 aliphatic heterocycles. The van der Waals surface area contributed by atoms with Gasteiger partial charge in [0.05, 0.1) is 19.2 Å². The number of carbonyl (C=O) groups is 1. The average molecular weight is 268 g/mol. The molecule has 0 spiro atoms. The lowest BCUT2D eigenvalue weighted by Gasteiger charge is -2.08. The van der Waals surface area contributed by atoms with E-state index in [1.54, 1.807) is 11.3 Å². The van der Waals surface area contributed by atoms with Gasteiger partial charge in [-0.3, -0.25) is 4.79 Å². The molecule has 0 saturated heterocycles. The SMILES string of the molecule is COC(=O)Cc1csc(NCCC2CCCC2)n1. The van der Waals surface area contributed by atoms with Gasteiger partial charge >= 0.3 is 5.97 Å². The second-order valence-corrected chi connectivity index (χ2v) is 5.62. The molecule has 1 heterocycles. The van der Waals surface area contributed by atoms with Crippen LogP contribution in [0.3, 0.4) is 0 Å². The number of carbonyl (C=O) groups excluding carboxylic acids is 1. The highest BCUT2D eigenvalue weighted by atomic mass is 32.1. The third-order valence-corrected chi connectivity index (χ3v) is 4.26. The van der Waals surface area contributed by atoms with Gasteiger partial charge in [-0.05, 0) is 12.3 Å². The molecule has 1 fully saturated rings. The van der Waals surface area contributed by atoms with Crippen LogP contribution in [0.2, 0.25) is 0 Å². The highest BCUT2D eigenvalue weighted by Crippen LogP contribution is 2.27. The number of hydrogen-bond acceptors (Lipinski definition) is 5. The van der Waals surface area contributed by atoms with Gasteiger partial charge in [0.15, 0.2) is 5.13 Å². The normalized spacial score (nSPS) is 15.8. The third kappa shape index (κ3) is 3.98. The molecule has 1 aliphatic carbocycles. The Morgan fingerprint density at radius 2 is 2.33 bits per heavy atom. The number of aromatic nitrogens is 1. The molecule has 18 heavy (non-hydrogen) atoms. The Morgan fingerprint density at radius 1 is 1.56 bits per heavy atom. The average Bonchev–Trinajstić information content (AvgIpc) is 3.01. The van der Waals surface area contributed by atoms with Crippen molar-refractivity contribution in [2.45, 2.75) is 38.5 Å². The van der Waals surface area contributed by atoms with Crippen LogP contribution < -0.4 is 5.32 Å². The summed E-state index contributed by atoms with van der Waals surface area (Å²) in [7, 11) is 1.40. The van der Waals surface area contributed by atoms with Gasteiger partial charge in [0.2, 0.25) is 0 Å². The molecule has 0 atom stereocenters. The van der Waals surface area contributed by atoms with Crippen molar-refractivity contribution in [2.75, 3.05) is 19.0 Å². The van der Waals surface area contributed by atoms with Gasteiger partial charge in [-0.1, -0.05) is 25.7 Å². The smallest absolute Gasteiger partial charge is 0.311 e. The highest BCUT2D eigenvalue weighted by Gasteiger charge is 2.14. The molecule has 100 valence electrons. The second kappa shape index (κ2) is 6.73. The first-order valence-electron chi connectivity index (χ1n) is 6.53. The molecular formula is C13H20N2O2S. The maximum absolute atomic E-state index is 11.1. The predicted octanol–water partition coefficient (Wildman–Crippen LogP) is 2.85. The fourth-order valence-electron chi connectivity index (χ4n) is 2.37. The molecule has 0 aromatic carbocycles. The summed E-state index contributed by atoms with van der Waals surface area (Å²) < 4.78 is 4.62. The van der Waals surface area contributed by atoms with E-state index in [9.17, 15) is 4.79 Å². The summed E-state index contributed by atoms with van der Waals surface area (Å²) in [5.41, 5.74) is 0.787. The summed E-state index contributed by atoms with van der Waals surface area (Å²) in [5.74, 6) is 0.657. The summed E-state index contributed by atoms with van der Waals surface area (Å²) in [6.45, 7) is 0.982. The Hall–Kier alpha value is -1.10. The number of rotatable bonds is 6. The van der Waals surface area contributed by atoms with Crippen molar-refractivity contribution in [3.8, 4) is 0 Å². The molecule has 0 unspecified atom stereocenters. The van der Waals surface area contributed by atoms with E-state index in [-0.39, 0.29) is 12.4 Å². The van der Waals surface area contributed by atoms with E-state index in [4.69, 9.17) is 0 Å². The third-order valence-electron chi connectivity index (χ3n) is 3.41. The number of nitrogens with zero attached hydrogens (tertiary/aromatic N) is 1. The lowest BCUT2D eigenvalue weighted by atomic mass is 10.0. The van der Waals surface area contributed by atoms with E-state index < -0.39 is 0 Å². The molecule has 2 rings (SSSR count). The van der Waals surface area contributed by atoms with Crippen molar-refractivity contribution in [1.29, 1.82) is 0 Å². The first kappa shape index (κ1) is 13.3. The molecule has 0 bridgehead atoms. The minimum Gasteiger partial charge on any atom is -0.469 e. The molecular weight excluding hydrogens is 248 g/mol. The lowest BCUT2D eigenvalue weighted by Crippen LogP contribution is -2.07. The summed E-state index contributed by atoms with van der Waals surface area (Å²) in [6, 6.07) is 0. The maximum atomic E-state index is 11.1. The Bertz CT molecular complexity index is 386. The lowest BCUT2D eigenvalue weighted by molar-refractivity contribution is -0.139. The van der Waals surface area contributed by atoms with Crippen LogP contribution in [0.4, 0.5) is 5.13 Å². The zero-order chi connectivity index (χ0) is 12.8. The standard InChI is InChI=1S/C13H20N2O2S/c1-17-12(16)8-11-9-18-13(15-11)14-7-6-10-4-2-3-5-10/h9-10H,2-8H2,1H3,(H,14,15). The molecule has 4 nitrogen and oxygen atoms in total. The van der Waals surface area contributed by atoms with Crippen LogP contribution in [-0.2, 0) is 16.0 Å². The van der Waals surface area contributed by atoms with Crippen molar-refractivity contribution < 1.29 is 9.53 Å². The van der Waals surface area contributed by atoms with Crippen molar-refractivity contribution >= 4 is 22.4 Å². The minimum absolute atomic E-state index is 0.238. The van der Waals surface area contributed by atoms with Crippen molar-refractivity contribution in [3.63, 3.8) is 0 Å². The van der Waals surface area contributed by atoms with Crippen LogP contribution in [0.25, 0.3) is 0 Å². The van der Waals surface area contributed by atoms with E-state index in [2.05, 4.69) is 15.0 Å². The summed E-state index contributed by atoms with van der Waals surface area (Å²) >= 11 is 1.55. The number of nitrogens with one attached hydrogen (secondary N) is 1. The molecule has 1 aromatic heterocycles. The van der Waals surface area contributed by atoms with Gasteiger partial charge < -0.3 is 10.1 Å². The molecule has 1 aromatic rings. The van der Waals surface area contributed by atoms with Gasteiger partial charge in [-0.15, -0.1) is 11.3 Å². The second-order valence-electron chi connectivity index (χ2n) is 4.76. The van der Waals surface area contributed by atoms with Crippen LogP contribution in [0.15, 0.2) is 5.38 Å². The van der Waals surface area contributed by atoms with E-state index >= 15 is 0 Å². The van der Waals surface area contributed by atoms with Crippen LogP contribution in [0.5, 0.6) is 0 Å². The molecule has 5 heteroatoms. The van der Waals surface area contributed by atoms with Gasteiger partial charge in [0.1, 0.15) is 0 Å². The topological polar surface area (TPSA) is 51.2 Å². The van der Waals surface area contributed by atoms with Gasteiger partial charge in [-0.25, -0.2) is 4.98 Å². The van der Waals surface area contributed by atoms with Gasteiger partial charge in [-0.2, -0.15) is 0 Å². The number of thiazole rings is 1. The van der Waals surface area contributed by atoms with E-state index in [1.165, 1.54) is 39.2 Å². The minimum atomic E-state index is -0.238. The fourth-order valence-corrected chi connectivity index (χ4v) is 3.11. The number of hydrogen-bond donors (Lipinski definition) is 1. The molecule has 1 N–H and O–H groups in total. The predicted molar refractivity (Wildman–Crippen MR) is 72.9 cm³/mol. The quantitative estimate of drug-likeness (QED) is 0.806. The number of ether oxygens (including phenoxy) is 1. The van der Waals surface area contributed by atoms with Crippen LogP contribution in [-0.4, -0.2) is 24.6 Å². The van der Waals surface area contributed by atoms with Gasteiger partial charge in [0, 0.05) is 11.9 Å². The molecule has 0 radical (unpaired) electrons. The monoisotopic (exact) mass is 268 g/mol. The Labute approximate surface area is 112 Å². The van der Waals surface area contributed by atoms with Gasteiger partial charge in [0.25, 0.3) is 0 Å². The molecule has 0 amide bonds. The summed E-state index contributed by atoms with van der Waals surface area (Å²) in [6.07, 6.45) is 7.04. The Morgan fingerprint density at radius 3 is 3.06 bits per heavy atom. The highest BCUT2D eigenvalue weighted by molar-refractivity contribution is 7.13. The zero-order valence-electron chi connectivity index (χ0n) is 10.8. The molecule has 1 aliphatic rings. The largest absolute Gasteiger partial charge is 0.469 e. The summed E-state index contributed by atoms with van der Waals surface area (Å²) in [5, 5.41) is 6.16. The number of methoxy groups -OCH3 is 1. The first-order valence-corrected chi connectivity index (χ1v) is 7.41. The first-order chi connectivity index (χ1) is 8.78. The summed E-state index contributed by atoms with van der Waals surface area (Å²) in [4.78, 5) is 15.5. The van der Waals surface area contributed by atoms with Crippen LogP contribution >= 0.6 is 11.3 Å². The van der Waals surface area contributed by atoms with Crippen molar-refractivity contribution in [3.05, 3.63) is 11.1 Å². The van der Waals surface area contributed by atoms with Crippen LogP contribution in [0.1, 0.15) is 37.8 Å². The fraction of sp³-hybridized carbons (Fsp3) is 0.692. The number of anilines is 1. The van der Waals surface area contributed by atoms with Crippen molar-refractivity contribution in [2.24, 2.45) is 5.92 Å². The Kier molecular flexibility index (Phi) is 4.99. The van der Waals surface area contributed by atoms with E-state index in [0.29, 0.717) is 0 Å². The van der Waals surface area contributed by atoms with Crippen LogP contribution in [0, 0.1) is 5.92 Å². The van der Waals surface area contributed by atoms with E-state index in [0.717, 1.165) is 23.3 Å². The molecule has 1 saturated carbocycles. The zero-order valence-corrected chi connectivity index (χ0v) is 11.6. The van der Waals surface area contributed by atoms with Crippen molar-refractivity contribution in [1.82, 2.24) is 4.98 Å². The number of esters is 1. The Balaban J connectivity index is 1.70. The maximum Gasteiger partial charge on any atom is 0.311 e. The van der Waals surface area contributed by atoms with E-state index in [1.807, 2.05) is 5.38 Å².